The summed E-state index contributed by atoms with van der Waals surface area (Å²) in [6.45, 7) is 0.464. The average Bonchev–Trinajstić information content (AvgIpc) is 2.46. The fourth-order valence-electron chi connectivity index (χ4n) is 3.13. The van der Waals surface area contributed by atoms with E-state index in [0.29, 0.717) is 6.54 Å². The molecule has 1 fully saturated rings. The molecule has 2 rings (SSSR count). The Hall–Kier alpha value is -1.76. The highest BCUT2D eigenvalue weighted by molar-refractivity contribution is 5.54. The molecule has 2 unspecified atom stereocenters. The number of nitrogens with zero attached hydrogens (tertiary/aromatic N) is 2. The number of rotatable bonds is 4. The lowest BCUT2D eigenvalue weighted by Gasteiger charge is -2.39. The van der Waals surface area contributed by atoms with E-state index in [1.165, 1.54) is 0 Å². The van der Waals surface area contributed by atoms with Gasteiger partial charge >= 0.3 is 0 Å². The van der Waals surface area contributed by atoms with Gasteiger partial charge in [-0.25, -0.2) is 8.78 Å². The van der Waals surface area contributed by atoms with E-state index in [0.717, 1.165) is 37.8 Å². The average molecular weight is 299 g/mol. The molecule has 2 N–H and O–H groups in total. The number of non-ortho nitro benzene ring substituents is 1. The predicted octanol–water partition coefficient (Wildman–Crippen LogP) is 2.83. The van der Waals surface area contributed by atoms with E-state index in [2.05, 4.69) is 0 Å². The van der Waals surface area contributed by atoms with Crippen molar-refractivity contribution in [3.05, 3.63) is 33.9 Å². The van der Waals surface area contributed by atoms with Crippen LogP contribution in [0.2, 0.25) is 0 Å². The Balaban J connectivity index is 2.34. The summed E-state index contributed by atoms with van der Waals surface area (Å²) in [4.78, 5) is 11.4. The highest BCUT2D eigenvalue weighted by Gasteiger charge is 2.31. The van der Waals surface area contributed by atoms with Crippen molar-refractivity contribution < 1.29 is 13.7 Å². The number of hydrogen-bond acceptors (Lipinski definition) is 4. The molecular weight excluding hydrogens is 280 g/mol. The third-order valence-electron chi connectivity index (χ3n) is 4.23. The molecule has 1 aliphatic carbocycles. The van der Waals surface area contributed by atoms with Crippen molar-refractivity contribution in [2.75, 3.05) is 18.5 Å². The molecule has 0 bridgehead atoms. The maximum Gasteiger partial charge on any atom is 0.275 e. The van der Waals surface area contributed by atoms with E-state index in [4.69, 9.17) is 5.73 Å². The molecule has 116 valence electrons. The number of hydrogen-bond donors (Lipinski definition) is 1. The lowest BCUT2D eigenvalue weighted by molar-refractivity contribution is -0.385. The van der Waals surface area contributed by atoms with Gasteiger partial charge in [-0.1, -0.05) is 12.8 Å². The first-order chi connectivity index (χ1) is 9.95. The molecule has 0 amide bonds. The molecule has 1 aromatic rings. The minimum Gasteiger partial charge on any atom is -0.367 e. The van der Waals surface area contributed by atoms with Crippen LogP contribution >= 0.6 is 0 Å². The van der Waals surface area contributed by atoms with Crippen LogP contribution in [-0.2, 0) is 0 Å². The smallest absolute Gasteiger partial charge is 0.275 e. The standard InChI is InChI=1S/C14H19F2N3O2/c1-18(13-5-3-2-4-9(13)8-17)14-11(15)6-10(19(20)21)7-12(14)16/h6-7,9,13H,2-5,8,17H2,1H3. The quantitative estimate of drug-likeness (QED) is 0.685. The molecular formula is C14H19F2N3O2. The first kappa shape index (κ1) is 15.6. The zero-order valence-electron chi connectivity index (χ0n) is 11.9. The second-order valence-corrected chi connectivity index (χ2v) is 5.47. The van der Waals surface area contributed by atoms with Gasteiger partial charge in [0.2, 0.25) is 0 Å². The van der Waals surface area contributed by atoms with Crippen molar-refractivity contribution in [1.29, 1.82) is 0 Å². The molecule has 7 heteroatoms. The van der Waals surface area contributed by atoms with Crippen LogP contribution < -0.4 is 10.6 Å². The van der Waals surface area contributed by atoms with Gasteiger partial charge in [0, 0.05) is 13.1 Å². The van der Waals surface area contributed by atoms with Crippen molar-refractivity contribution in [3.63, 3.8) is 0 Å². The summed E-state index contributed by atoms with van der Waals surface area (Å²) < 4.78 is 28.2. The fraction of sp³-hybridized carbons (Fsp3) is 0.571. The zero-order valence-corrected chi connectivity index (χ0v) is 11.9. The van der Waals surface area contributed by atoms with E-state index in [-0.39, 0.29) is 17.6 Å². The van der Waals surface area contributed by atoms with E-state index in [1.54, 1.807) is 11.9 Å². The Kier molecular flexibility index (Phi) is 4.72. The maximum absolute atomic E-state index is 14.1. The van der Waals surface area contributed by atoms with Crippen LogP contribution in [0.3, 0.4) is 0 Å². The third-order valence-corrected chi connectivity index (χ3v) is 4.23. The summed E-state index contributed by atoms with van der Waals surface area (Å²) in [7, 11) is 1.62. The molecule has 0 spiro atoms. The third kappa shape index (κ3) is 3.12. The summed E-state index contributed by atoms with van der Waals surface area (Å²) in [5, 5.41) is 10.6. The van der Waals surface area contributed by atoms with Crippen LogP contribution in [0.15, 0.2) is 12.1 Å². The van der Waals surface area contributed by atoms with Crippen LogP contribution in [0.5, 0.6) is 0 Å². The number of halogens is 2. The Morgan fingerprint density at radius 3 is 2.43 bits per heavy atom. The number of nitrogens with two attached hydrogens (primary N) is 1. The van der Waals surface area contributed by atoms with E-state index in [1.807, 2.05) is 0 Å². The molecule has 0 aromatic heterocycles. The molecule has 1 aliphatic rings. The Morgan fingerprint density at radius 2 is 1.90 bits per heavy atom. The largest absolute Gasteiger partial charge is 0.367 e. The van der Waals surface area contributed by atoms with Gasteiger partial charge in [-0.2, -0.15) is 0 Å². The highest BCUT2D eigenvalue weighted by Crippen LogP contribution is 2.34. The lowest BCUT2D eigenvalue weighted by Crippen LogP contribution is -2.43. The van der Waals surface area contributed by atoms with Crippen molar-refractivity contribution in [2.45, 2.75) is 31.7 Å². The van der Waals surface area contributed by atoms with Crippen LogP contribution in [0.4, 0.5) is 20.2 Å². The summed E-state index contributed by atoms with van der Waals surface area (Å²) >= 11 is 0. The monoisotopic (exact) mass is 299 g/mol. The van der Waals surface area contributed by atoms with Crippen molar-refractivity contribution in [1.82, 2.24) is 0 Å². The minimum absolute atomic E-state index is 0.0470. The molecule has 0 heterocycles. The lowest BCUT2D eigenvalue weighted by atomic mass is 9.83. The molecule has 2 atom stereocenters. The maximum atomic E-state index is 14.1. The summed E-state index contributed by atoms with van der Waals surface area (Å²) in [6.07, 6.45) is 3.80. The number of anilines is 1. The zero-order chi connectivity index (χ0) is 15.6. The van der Waals surface area contributed by atoms with Gasteiger partial charge < -0.3 is 10.6 Å². The van der Waals surface area contributed by atoms with Gasteiger partial charge in [0.25, 0.3) is 5.69 Å². The summed E-state index contributed by atoms with van der Waals surface area (Å²) in [6, 6.07) is 1.47. The fourth-order valence-corrected chi connectivity index (χ4v) is 3.13. The Labute approximate surface area is 121 Å². The van der Waals surface area contributed by atoms with Crippen LogP contribution in [0, 0.1) is 27.7 Å². The predicted molar refractivity (Wildman–Crippen MR) is 76.2 cm³/mol. The SMILES string of the molecule is CN(c1c(F)cc([N+](=O)[O-])cc1F)C1CCCCC1CN. The summed E-state index contributed by atoms with van der Waals surface area (Å²) in [5.41, 5.74) is 4.95. The van der Waals surface area contributed by atoms with Crippen LogP contribution in [0.25, 0.3) is 0 Å². The normalized spacial score (nSPS) is 22.1. The van der Waals surface area contributed by atoms with Gasteiger partial charge in [-0.3, -0.25) is 10.1 Å². The second kappa shape index (κ2) is 6.34. The first-order valence-corrected chi connectivity index (χ1v) is 7.02. The summed E-state index contributed by atoms with van der Waals surface area (Å²) in [5.74, 6) is -1.64. The van der Waals surface area contributed by atoms with Crippen molar-refractivity contribution >= 4 is 11.4 Å². The second-order valence-electron chi connectivity index (χ2n) is 5.47. The number of nitro groups is 1. The van der Waals surface area contributed by atoms with Crippen molar-refractivity contribution in [2.24, 2.45) is 11.7 Å². The topological polar surface area (TPSA) is 72.4 Å². The van der Waals surface area contributed by atoms with Crippen LogP contribution in [0.1, 0.15) is 25.7 Å². The van der Waals surface area contributed by atoms with Crippen molar-refractivity contribution in [3.8, 4) is 0 Å². The van der Waals surface area contributed by atoms with Gasteiger partial charge in [0.1, 0.15) is 5.69 Å². The van der Waals surface area contributed by atoms with Crippen LogP contribution in [-0.4, -0.2) is 24.6 Å². The molecule has 5 nitrogen and oxygen atoms in total. The Bertz CT molecular complexity index is 516. The molecule has 0 saturated heterocycles. The van der Waals surface area contributed by atoms with Gasteiger partial charge in [0.05, 0.1) is 17.1 Å². The molecule has 1 saturated carbocycles. The minimum atomic E-state index is -0.912. The molecule has 0 aliphatic heterocycles. The van der Waals surface area contributed by atoms with Gasteiger partial charge in [0.15, 0.2) is 11.6 Å². The van der Waals surface area contributed by atoms with E-state index >= 15 is 0 Å². The Morgan fingerprint density at radius 1 is 1.33 bits per heavy atom. The van der Waals surface area contributed by atoms with E-state index < -0.39 is 22.2 Å². The van der Waals surface area contributed by atoms with Gasteiger partial charge in [-0.05, 0) is 25.3 Å². The molecule has 21 heavy (non-hydrogen) atoms. The van der Waals surface area contributed by atoms with Gasteiger partial charge in [-0.15, -0.1) is 0 Å². The number of nitro benzene ring substituents is 1. The first-order valence-electron chi connectivity index (χ1n) is 7.02. The van der Waals surface area contributed by atoms with E-state index in [9.17, 15) is 18.9 Å². The number of benzene rings is 1. The highest BCUT2D eigenvalue weighted by atomic mass is 19.1. The molecule has 1 aromatic carbocycles. The molecule has 0 radical (unpaired) electrons.